The number of rotatable bonds is 3. The summed E-state index contributed by atoms with van der Waals surface area (Å²) < 4.78 is 10.5. The smallest absolute Gasteiger partial charge is 0.339 e. The minimum absolute atomic E-state index is 0.165. The van der Waals surface area contributed by atoms with Crippen LogP contribution in [0.2, 0.25) is 0 Å². The van der Waals surface area contributed by atoms with Crippen LogP contribution in [-0.4, -0.2) is 22.9 Å². The number of pyridine rings is 1. The first-order valence-corrected chi connectivity index (χ1v) is 6.43. The van der Waals surface area contributed by atoms with Crippen molar-refractivity contribution in [2.24, 2.45) is 0 Å². The molecule has 21 heavy (non-hydrogen) atoms. The van der Waals surface area contributed by atoms with Gasteiger partial charge in [-0.1, -0.05) is 0 Å². The van der Waals surface area contributed by atoms with E-state index in [0.29, 0.717) is 28.6 Å². The van der Waals surface area contributed by atoms with Crippen LogP contribution in [0, 0.1) is 13.8 Å². The van der Waals surface area contributed by atoms with E-state index in [1.807, 2.05) is 6.92 Å². The third kappa shape index (κ3) is 2.47. The third-order valence-corrected chi connectivity index (χ3v) is 3.19. The van der Waals surface area contributed by atoms with E-state index in [2.05, 4.69) is 10.3 Å². The highest BCUT2D eigenvalue weighted by Crippen LogP contribution is 2.35. The number of anilines is 2. The average Bonchev–Trinajstić information content (AvgIpc) is 2.84. The van der Waals surface area contributed by atoms with Crippen LogP contribution >= 0.6 is 0 Å². The molecule has 6 nitrogen and oxygen atoms in total. The van der Waals surface area contributed by atoms with E-state index in [1.54, 1.807) is 31.2 Å². The number of carbonyl (C=O) groups is 1. The van der Waals surface area contributed by atoms with Gasteiger partial charge in [-0.25, -0.2) is 9.78 Å². The molecule has 0 bridgehead atoms. The summed E-state index contributed by atoms with van der Waals surface area (Å²) in [5.74, 6) is 0.607. The monoisotopic (exact) mass is 286 g/mol. The molecular weight excluding hydrogens is 272 g/mol. The van der Waals surface area contributed by atoms with E-state index in [0.717, 1.165) is 5.69 Å². The van der Waals surface area contributed by atoms with Crippen molar-refractivity contribution in [3.8, 4) is 11.5 Å². The van der Waals surface area contributed by atoms with Crippen molar-refractivity contribution >= 4 is 17.5 Å². The number of hydrogen-bond acceptors (Lipinski definition) is 5. The van der Waals surface area contributed by atoms with E-state index in [4.69, 9.17) is 9.47 Å². The van der Waals surface area contributed by atoms with Gasteiger partial charge in [0, 0.05) is 17.4 Å². The molecule has 0 spiro atoms. The van der Waals surface area contributed by atoms with Crippen molar-refractivity contribution in [1.82, 2.24) is 4.98 Å². The standard InChI is InChI=1S/C15H14N2O4/c1-8-5-9(2)16-14(13(8)15(18)19)17-10-3-4-11-12(6-10)21-7-20-11/h3-6H,7H2,1-2H3,(H,16,17)(H,18,19). The molecule has 0 saturated carbocycles. The summed E-state index contributed by atoms with van der Waals surface area (Å²) >= 11 is 0. The molecule has 0 saturated heterocycles. The van der Waals surface area contributed by atoms with E-state index in [9.17, 15) is 9.90 Å². The first kappa shape index (κ1) is 13.2. The maximum atomic E-state index is 11.4. The Kier molecular flexibility index (Phi) is 3.13. The number of ether oxygens (including phenoxy) is 2. The highest BCUT2D eigenvalue weighted by atomic mass is 16.7. The molecule has 0 unspecified atom stereocenters. The molecule has 1 aliphatic rings. The van der Waals surface area contributed by atoms with E-state index < -0.39 is 5.97 Å². The molecular formula is C15H14N2O4. The largest absolute Gasteiger partial charge is 0.478 e. The molecule has 0 atom stereocenters. The Hall–Kier alpha value is -2.76. The van der Waals surface area contributed by atoms with Crippen molar-refractivity contribution in [1.29, 1.82) is 0 Å². The van der Waals surface area contributed by atoms with Crippen molar-refractivity contribution in [3.05, 3.63) is 41.1 Å². The quantitative estimate of drug-likeness (QED) is 0.903. The molecule has 108 valence electrons. The van der Waals surface area contributed by atoms with Gasteiger partial charge in [-0.3, -0.25) is 0 Å². The maximum absolute atomic E-state index is 11.4. The van der Waals surface area contributed by atoms with Crippen molar-refractivity contribution in [2.75, 3.05) is 12.1 Å². The molecule has 0 fully saturated rings. The van der Waals surface area contributed by atoms with Crippen LogP contribution in [0.15, 0.2) is 24.3 Å². The predicted molar refractivity (Wildman–Crippen MR) is 76.5 cm³/mol. The number of aromatic carboxylic acids is 1. The molecule has 1 aromatic heterocycles. The topological polar surface area (TPSA) is 80.7 Å². The van der Waals surface area contributed by atoms with Gasteiger partial charge in [-0.05, 0) is 37.6 Å². The fourth-order valence-electron chi connectivity index (χ4n) is 2.31. The van der Waals surface area contributed by atoms with Crippen LogP contribution in [0.3, 0.4) is 0 Å². The minimum atomic E-state index is -1.01. The summed E-state index contributed by atoms with van der Waals surface area (Å²) in [5.41, 5.74) is 2.27. The zero-order chi connectivity index (χ0) is 15.0. The number of carboxylic acid groups (broad SMARTS) is 1. The Morgan fingerprint density at radius 1 is 1.24 bits per heavy atom. The van der Waals surface area contributed by atoms with Gasteiger partial charge in [0.2, 0.25) is 6.79 Å². The average molecular weight is 286 g/mol. The van der Waals surface area contributed by atoms with Crippen molar-refractivity contribution < 1.29 is 19.4 Å². The zero-order valence-corrected chi connectivity index (χ0v) is 11.6. The van der Waals surface area contributed by atoms with E-state index >= 15 is 0 Å². The normalized spacial score (nSPS) is 12.3. The number of carboxylic acids is 1. The lowest BCUT2D eigenvalue weighted by Gasteiger charge is -2.12. The number of nitrogens with zero attached hydrogens (tertiary/aromatic N) is 1. The summed E-state index contributed by atoms with van der Waals surface area (Å²) in [4.78, 5) is 15.7. The number of aromatic nitrogens is 1. The Morgan fingerprint density at radius 3 is 2.76 bits per heavy atom. The molecule has 2 heterocycles. The fraction of sp³-hybridized carbons (Fsp3) is 0.200. The molecule has 1 aromatic carbocycles. The molecule has 6 heteroatoms. The summed E-state index contributed by atoms with van der Waals surface area (Å²) in [7, 11) is 0. The molecule has 2 aromatic rings. The second-order valence-electron chi connectivity index (χ2n) is 4.80. The van der Waals surface area contributed by atoms with Crippen LogP contribution < -0.4 is 14.8 Å². The number of nitrogens with one attached hydrogen (secondary N) is 1. The Labute approximate surface area is 121 Å². The first-order valence-electron chi connectivity index (χ1n) is 6.43. The lowest BCUT2D eigenvalue weighted by atomic mass is 10.1. The van der Waals surface area contributed by atoms with Crippen LogP contribution in [0.1, 0.15) is 21.6 Å². The molecule has 0 amide bonds. The van der Waals surface area contributed by atoms with Gasteiger partial charge in [0.25, 0.3) is 0 Å². The molecule has 0 aliphatic carbocycles. The maximum Gasteiger partial charge on any atom is 0.339 e. The predicted octanol–water partition coefficient (Wildman–Crippen LogP) is 2.87. The van der Waals surface area contributed by atoms with Gasteiger partial charge >= 0.3 is 5.97 Å². The first-order chi connectivity index (χ1) is 10.0. The number of hydrogen-bond donors (Lipinski definition) is 2. The van der Waals surface area contributed by atoms with E-state index in [-0.39, 0.29) is 12.4 Å². The van der Waals surface area contributed by atoms with Gasteiger partial charge < -0.3 is 19.9 Å². The Balaban J connectivity index is 1.99. The third-order valence-electron chi connectivity index (χ3n) is 3.19. The van der Waals surface area contributed by atoms with Crippen LogP contribution in [-0.2, 0) is 0 Å². The molecule has 3 rings (SSSR count). The Bertz CT molecular complexity index is 728. The molecule has 2 N–H and O–H groups in total. The van der Waals surface area contributed by atoms with Crippen LogP contribution in [0.25, 0.3) is 0 Å². The zero-order valence-electron chi connectivity index (χ0n) is 11.6. The summed E-state index contributed by atoms with van der Waals surface area (Å²) in [6, 6.07) is 7.06. The lowest BCUT2D eigenvalue weighted by Crippen LogP contribution is -2.08. The van der Waals surface area contributed by atoms with Crippen molar-refractivity contribution in [3.63, 3.8) is 0 Å². The van der Waals surface area contributed by atoms with E-state index in [1.165, 1.54) is 0 Å². The Morgan fingerprint density at radius 2 is 2.00 bits per heavy atom. The fourth-order valence-corrected chi connectivity index (χ4v) is 2.31. The highest BCUT2D eigenvalue weighted by molar-refractivity contribution is 5.95. The van der Waals surface area contributed by atoms with Crippen LogP contribution in [0.5, 0.6) is 11.5 Å². The van der Waals surface area contributed by atoms with Gasteiger partial charge in [0.1, 0.15) is 11.4 Å². The minimum Gasteiger partial charge on any atom is -0.478 e. The second-order valence-corrected chi connectivity index (χ2v) is 4.80. The van der Waals surface area contributed by atoms with Crippen molar-refractivity contribution in [2.45, 2.75) is 13.8 Å². The highest BCUT2D eigenvalue weighted by Gasteiger charge is 2.18. The molecule has 0 radical (unpaired) electrons. The molecule has 1 aliphatic heterocycles. The number of aryl methyl sites for hydroxylation is 2. The summed E-state index contributed by atoms with van der Waals surface area (Å²) in [6.07, 6.45) is 0. The van der Waals surface area contributed by atoms with Gasteiger partial charge in [0.15, 0.2) is 11.5 Å². The van der Waals surface area contributed by atoms with Gasteiger partial charge in [0.05, 0.1) is 0 Å². The van der Waals surface area contributed by atoms with Gasteiger partial charge in [-0.15, -0.1) is 0 Å². The second kappa shape index (κ2) is 4.97. The number of fused-ring (bicyclic) bond motifs is 1. The number of benzene rings is 1. The van der Waals surface area contributed by atoms with Gasteiger partial charge in [-0.2, -0.15) is 0 Å². The van der Waals surface area contributed by atoms with Crippen LogP contribution in [0.4, 0.5) is 11.5 Å². The summed E-state index contributed by atoms with van der Waals surface area (Å²) in [6.45, 7) is 3.77. The summed E-state index contributed by atoms with van der Waals surface area (Å²) in [5, 5.41) is 12.4. The lowest BCUT2D eigenvalue weighted by molar-refractivity contribution is 0.0697. The SMILES string of the molecule is Cc1cc(C)c(C(=O)O)c(Nc2ccc3c(c2)OCO3)n1.